The van der Waals surface area contributed by atoms with E-state index in [2.05, 4.69) is 6.08 Å². The van der Waals surface area contributed by atoms with E-state index in [0.717, 1.165) is 37.7 Å². The first kappa shape index (κ1) is 11.1. The lowest BCUT2D eigenvalue weighted by molar-refractivity contribution is 0.131. The number of alkyl halides is 1. The molecule has 15 heavy (non-hydrogen) atoms. The maximum Gasteiger partial charge on any atom is 0.133 e. The van der Waals surface area contributed by atoms with Crippen LogP contribution in [0.25, 0.3) is 0 Å². The van der Waals surface area contributed by atoms with Crippen LogP contribution in [0.4, 0.5) is 4.39 Å². The maximum absolute atomic E-state index is 14.7. The van der Waals surface area contributed by atoms with Crippen LogP contribution in [0.15, 0.2) is 11.6 Å². The summed E-state index contributed by atoms with van der Waals surface area (Å²) in [6.45, 7) is 0. The lowest BCUT2D eigenvalue weighted by Gasteiger charge is -2.35. The highest BCUT2D eigenvalue weighted by atomic mass is 19.1. The van der Waals surface area contributed by atoms with E-state index >= 15 is 0 Å². The molecular weight excluding hydrogens is 189 g/mol. The van der Waals surface area contributed by atoms with E-state index in [1.165, 1.54) is 12.8 Å². The molecule has 1 fully saturated rings. The lowest BCUT2D eigenvalue weighted by Crippen LogP contribution is -2.39. The average molecular weight is 211 g/mol. The van der Waals surface area contributed by atoms with Gasteiger partial charge >= 0.3 is 0 Å². The maximum atomic E-state index is 14.7. The van der Waals surface area contributed by atoms with Crippen LogP contribution in [0.3, 0.4) is 0 Å². The molecule has 0 aromatic heterocycles. The molecule has 0 amide bonds. The summed E-state index contributed by atoms with van der Waals surface area (Å²) < 4.78 is 14.7. The molecule has 0 aliphatic heterocycles. The largest absolute Gasteiger partial charge is 0.328 e. The van der Waals surface area contributed by atoms with Gasteiger partial charge < -0.3 is 5.73 Å². The van der Waals surface area contributed by atoms with Crippen LogP contribution in [0.5, 0.6) is 0 Å². The highest BCUT2D eigenvalue weighted by Crippen LogP contribution is 2.40. The molecule has 0 radical (unpaired) electrons. The highest BCUT2D eigenvalue weighted by molar-refractivity contribution is 5.19. The molecule has 2 rings (SSSR count). The Balaban J connectivity index is 2.08. The van der Waals surface area contributed by atoms with Crippen molar-refractivity contribution in [3.05, 3.63) is 11.6 Å². The van der Waals surface area contributed by atoms with Crippen LogP contribution >= 0.6 is 0 Å². The quantitative estimate of drug-likeness (QED) is 0.660. The Labute approximate surface area is 91.9 Å². The molecule has 2 N–H and O–H groups in total. The molecule has 0 heterocycles. The molecule has 1 saturated carbocycles. The first-order chi connectivity index (χ1) is 7.21. The van der Waals surface area contributed by atoms with E-state index in [9.17, 15) is 4.39 Å². The van der Waals surface area contributed by atoms with Gasteiger partial charge in [0.05, 0.1) is 0 Å². The second-order valence-corrected chi connectivity index (χ2v) is 5.15. The minimum Gasteiger partial charge on any atom is -0.328 e. The molecular formula is C13H22FN. The van der Waals surface area contributed by atoms with Crippen LogP contribution in [-0.2, 0) is 0 Å². The topological polar surface area (TPSA) is 26.0 Å². The highest BCUT2D eigenvalue weighted by Gasteiger charge is 2.38. The van der Waals surface area contributed by atoms with Crippen molar-refractivity contribution < 1.29 is 4.39 Å². The summed E-state index contributed by atoms with van der Waals surface area (Å²) in [5.74, 6) is 0. The Morgan fingerprint density at radius 2 is 2.13 bits per heavy atom. The Morgan fingerprint density at radius 1 is 1.27 bits per heavy atom. The summed E-state index contributed by atoms with van der Waals surface area (Å²) in [6.07, 6.45) is 11.0. The Hall–Kier alpha value is -0.370. The van der Waals surface area contributed by atoms with Crippen molar-refractivity contribution in [3.8, 4) is 0 Å². The van der Waals surface area contributed by atoms with E-state index in [0.29, 0.717) is 12.8 Å². The fraction of sp³-hybridized carbons (Fsp3) is 0.846. The summed E-state index contributed by atoms with van der Waals surface area (Å²) in [4.78, 5) is 0. The fourth-order valence-corrected chi connectivity index (χ4v) is 2.98. The summed E-state index contributed by atoms with van der Waals surface area (Å²) in [7, 11) is 0. The van der Waals surface area contributed by atoms with Crippen LogP contribution in [0, 0.1) is 0 Å². The molecule has 0 aromatic carbocycles. The Bertz CT molecular complexity index is 249. The summed E-state index contributed by atoms with van der Waals surface area (Å²) in [5, 5.41) is 0. The van der Waals surface area contributed by atoms with Gasteiger partial charge in [0, 0.05) is 12.5 Å². The third kappa shape index (κ3) is 2.60. The van der Waals surface area contributed by atoms with E-state index in [4.69, 9.17) is 5.73 Å². The van der Waals surface area contributed by atoms with Crippen molar-refractivity contribution in [3.63, 3.8) is 0 Å². The number of nitrogens with two attached hydrogens (primary N) is 1. The van der Waals surface area contributed by atoms with Crippen molar-refractivity contribution in [1.29, 1.82) is 0 Å². The van der Waals surface area contributed by atoms with Crippen LogP contribution in [-0.4, -0.2) is 11.7 Å². The minimum absolute atomic E-state index is 0.0768. The zero-order chi connectivity index (χ0) is 10.7. The van der Waals surface area contributed by atoms with E-state index in [1.54, 1.807) is 0 Å². The fourth-order valence-electron chi connectivity index (χ4n) is 2.98. The summed E-state index contributed by atoms with van der Waals surface area (Å²) in [5.41, 5.74) is 5.90. The van der Waals surface area contributed by atoms with Crippen molar-refractivity contribution in [1.82, 2.24) is 0 Å². The smallest absolute Gasteiger partial charge is 0.133 e. The van der Waals surface area contributed by atoms with Gasteiger partial charge in [-0.2, -0.15) is 0 Å². The van der Waals surface area contributed by atoms with Gasteiger partial charge in [-0.3, -0.25) is 0 Å². The monoisotopic (exact) mass is 211 g/mol. The van der Waals surface area contributed by atoms with Gasteiger partial charge in [0.25, 0.3) is 0 Å². The molecule has 2 atom stereocenters. The second kappa shape index (κ2) is 4.65. The number of hydrogen-bond acceptors (Lipinski definition) is 1. The molecule has 2 aliphatic rings. The van der Waals surface area contributed by atoms with Gasteiger partial charge in [0.15, 0.2) is 0 Å². The Morgan fingerprint density at radius 3 is 2.93 bits per heavy atom. The molecule has 2 unspecified atom stereocenters. The van der Waals surface area contributed by atoms with Crippen molar-refractivity contribution in [2.24, 2.45) is 5.73 Å². The van der Waals surface area contributed by atoms with Gasteiger partial charge in [-0.05, 0) is 50.5 Å². The van der Waals surface area contributed by atoms with Crippen LogP contribution < -0.4 is 5.73 Å². The molecule has 2 heteroatoms. The molecule has 0 saturated heterocycles. The zero-order valence-corrected chi connectivity index (χ0v) is 9.47. The van der Waals surface area contributed by atoms with Crippen LogP contribution in [0.1, 0.15) is 57.8 Å². The van der Waals surface area contributed by atoms with Gasteiger partial charge in [-0.25, -0.2) is 4.39 Å². The first-order valence-corrected chi connectivity index (χ1v) is 6.35. The van der Waals surface area contributed by atoms with E-state index in [-0.39, 0.29) is 6.04 Å². The SMILES string of the molecule is NC1CCCC(F)(C2=CCCCCC2)C1. The molecule has 0 spiro atoms. The van der Waals surface area contributed by atoms with E-state index < -0.39 is 5.67 Å². The number of halogens is 1. The normalized spacial score (nSPS) is 38.3. The molecule has 0 aromatic rings. The average Bonchev–Trinajstić information content (AvgIpc) is 2.45. The van der Waals surface area contributed by atoms with Gasteiger partial charge in [0.2, 0.25) is 0 Å². The standard InChI is InChI=1S/C13H22FN/c14-13(9-5-8-12(15)10-13)11-6-3-1-2-4-7-11/h6,12H,1-5,7-10,15H2. The van der Waals surface area contributed by atoms with Gasteiger partial charge in [-0.1, -0.05) is 12.5 Å². The summed E-state index contributed by atoms with van der Waals surface area (Å²) in [6, 6.07) is 0.0768. The molecule has 0 bridgehead atoms. The van der Waals surface area contributed by atoms with Gasteiger partial charge in [0.1, 0.15) is 5.67 Å². The van der Waals surface area contributed by atoms with Crippen LogP contribution in [0.2, 0.25) is 0 Å². The zero-order valence-electron chi connectivity index (χ0n) is 9.47. The first-order valence-electron chi connectivity index (χ1n) is 6.35. The number of hydrogen-bond donors (Lipinski definition) is 1. The Kier molecular flexibility index (Phi) is 3.45. The third-order valence-electron chi connectivity index (χ3n) is 3.85. The molecule has 86 valence electrons. The summed E-state index contributed by atoms with van der Waals surface area (Å²) >= 11 is 0. The third-order valence-corrected chi connectivity index (χ3v) is 3.85. The van der Waals surface area contributed by atoms with Crippen molar-refractivity contribution >= 4 is 0 Å². The molecule has 1 nitrogen and oxygen atoms in total. The number of allylic oxidation sites excluding steroid dienone is 2. The molecule has 2 aliphatic carbocycles. The lowest BCUT2D eigenvalue weighted by atomic mass is 9.77. The predicted octanol–water partition coefficient (Wildman–Crippen LogP) is 3.49. The predicted molar refractivity (Wildman–Crippen MR) is 61.5 cm³/mol. The van der Waals surface area contributed by atoms with E-state index in [1.807, 2.05) is 0 Å². The number of rotatable bonds is 1. The second-order valence-electron chi connectivity index (χ2n) is 5.15. The van der Waals surface area contributed by atoms with Crippen molar-refractivity contribution in [2.45, 2.75) is 69.5 Å². The van der Waals surface area contributed by atoms with Crippen molar-refractivity contribution in [2.75, 3.05) is 0 Å². The minimum atomic E-state index is -1.05. The van der Waals surface area contributed by atoms with Gasteiger partial charge in [-0.15, -0.1) is 0 Å².